The van der Waals surface area contributed by atoms with E-state index in [1.54, 1.807) is 6.20 Å². The maximum absolute atomic E-state index is 13.2. The summed E-state index contributed by atoms with van der Waals surface area (Å²) in [6.07, 6.45) is 6.13. The third-order valence-electron chi connectivity index (χ3n) is 7.41. The van der Waals surface area contributed by atoms with Crippen molar-refractivity contribution in [2.24, 2.45) is 0 Å². The Bertz CT molecular complexity index is 1460. The normalized spacial score (nSPS) is 15.5. The number of likely N-dealkylation sites (tertiary alicyclic amines) is 1. The first-order chi connectivity index (χ1) is 19.2. The molecule has 0 aliphatic carbocycles. The van der Waals surface area contributed by atoms with Gasteiger partial charge >= 0.3 is 0 Å². The number of hydrogen-bond acceptors (Lipinski definition) is 4. The Morgan fingerprint density at radius 3 is 1.90 bits per heavy atom. The molecule has 1 aliphatic rings. The van der Waals surface area contributed by atoms with Gasteiger partial charge in [-0.15, -0.1) is 0 Å². The standard InChI is InChI=1S/C34H30N4O/c39-33-20-22-37(25-27(33)24-31-19-23-38(36-31)26-32-18-10-11-21-35-32)34(28-12-4-1-5-13-28,29-14-6-2-7-15-29)30-16-8-3-9-17-30/h1-19,21,23-24H,20,22,25-26H2/b27-24+. The fraction of sp³-hybridized carbons (Fsp3) is 0.147. The van der Waals surface area contributed by atoms with E-state index in [-0.39, 0.29) is 5.78 Å². The average molecular weight is 511 g/mol. The zero-order valence-electron chi connectivity index (χ0n) is 21.7. The molecule has 0 radical (unpaired) electrons. The number of nitrogens with zero attached hydrogens (tertiary/aromatic N) is 4. The topological polar surface area (TPSA) is 51.0 Å². The maximum Gasteiger partial charge on any atom is 0.161 e. The van der Waals surface area contributed by atoms with Crippen LogP contribution in [0.5, 0.6) is 0 Å². The van der Waals surface area contributed by atoms with Gasteiger partial charge in [-0.25, -0.2) is 0 Å². The van der Waals surface area contributed by atoms with Crippen molar-refractivity contribution in [1.29, 1.82) is 0 Å². The van der Waals surface area contributed by atoms with E-state index >= 15 is 0 Å². The molecule has 0 spiro atoms. The molecule has 0 bridgehead atoms. The van der Waals surface area contributed by atoms with Crippen LogP contribution in [-0.4, -0.2) is 38.5 Å². The summed E-state index contributed by atoms with van der Waals surface area (Å²) in [7, 11) is 0. The number of carbonyl (C=O) groups excluding carboxylic acids is 1. The molecule has 0 atom stereocenters. The first kappa shape index (κ1) is 24.7. The van der Waals surface area contributed by atoms with Gasteiger partial charge in [-0.05, 0) is 41.0 Å². The first-order valence-corrected chi connectivity index (χ1v) is 13.3. The Labute approximate surface area is 229 Å². The van der Waals surface area contributed by atoms with Gasteiger partial charge in [0.25, 0.3) is 0 Å². The Kier molecular flexibility index (Phi) is 6.98. The minimum Gasteiger partial charge on any atom is -0.294 e. The Balaban J connectivity index is 1.41. The summed E-state index contributed by atoms with van der Waals surface area (Å²) in [6.45, 7) is 1.76. The second-order valence-electron chi connectivity index (χ2n) is 9.83. The van der Waals surface area contributed by atoms with Crippen LogP contribution in [0.1, 0.15) is 34.5 Å². The minimum absolute atomic E-state index is 0.175. The van der Waals surface area contributed by atoms with Gasteiger partial charge in [0, 0.05) is 37.5 Å². The van der Waals surface area contributed by atoms with Crippen molar-refractivity contribution < 1.29 is 4.79 Å². The number of carbonyl (C=O) groups is 1. The van der Waals surface area contributed by atoms with E-state index in [4.69, 9.17) is 5.10 Å². The smallest absolute Gasteiger partial charge is 0.161 e. The number of rotatable bonds is 7. The number of piperidine rings is 1. The monoisotopic (exact) mass is 510 g/mol. The van der Waals surface area contributed by atoms with Gasteiger partial charge < -0.3 is 0 Å². The van der Waals surface area contributed by atoms with Gasteiger partial charge in [0.05, 0.1) is 23.5 Å². The van der Waals surface area contributed by atoms with Gasteiger partial charge in [-0.1, -0.05) is 97.1 Å². The molecular formula is C34H30N4O. The minimum atomic E-state index is -0.554. The van der Waals surface area contributed by atoms with E-state index < -0.39 is 5.54 Å². The highest BCUT2D eigenvalue weighted by molar-refractivity contribution is 6.00. The van der Waals surface area contributed by atoms with E-state index in [1.165, 1.54) is 16.7 Å². The highest BCUT2D eigenvalue weighted by Gasteiger charge is 2.44. The number of pyridine rings is 1. The lowest BCUT2D eigenvalue weighted by atomic mass is 9.74. The van der Waals surface area contributed by atoms with Crippen LogP contribution in [0.25, 0.3) is 6.08 Å². The summed E-state index contributed by atoms with van der Waals surface area (Å²) in [4.78, 5) is 20.1. The van der Waals surface area contributed by atoms with E-state index in [9.17, 15) is 4.79 Å². The van der Waals surface area contributed by atoms with Crippen LogP contribution < -0.4 is 0 Å². The highest BCUT2D eigenvalue weighted by Crippen LogP contribution is 2.43. The van der Waals surface area contributed by atoms with Gasteiger partial charge in [0.1, 0.15) is 0 Å². The molecule has 0 saturated carbocycles. The summed E-state index contributed by atoms with van der Waals surface area (Å²) in [5.74, 6) is 0.175. The summed E-state index contributed by atoms with van der Waals surface area (Å²) in [6, 6.07) is 39.7. The SMILES string of the molecule is O=C1CCN(C(c2ccccc2)(c2ccccc2)c2ccccc2)C/C1=C\c1ccn(Cc2ccccn2)n1. The summed E-state index contributed by atoms with van der Waals surface area (Å²) in [5, 5.41) is 4.73. The fourth-order valence-corrected chi connectivity index (χ4v) is 5.65. The molecule has 192 valence electrons. The zero-order chi connectivity index (χ0) is 26.5. The molecule has 39 heavy (non-hydrogen) atoms. The molecule has 1 saturated heterocycles. The van der Waals surface area contributed by atoms with Crippen molar-refractivity contribution in [1.82, 2.24) is 19.7 Å². The van der Waals surface area contributed by atoms with Crippen LogP contribution in [0.2, 0.25) is 0 Å². The van der Waals surface area contributed by atoms with Crippen LogP contribution in [-0.2, 0) is 16.9 Å². The van der Waals surface area contributed by atoms with Crippen molar-refractivity contribution in [3.05, 3.63) is 161 Å². The van der Waals surface area contributed by atoms with Crippen LogP contribution in [0, 0.1) is 0 Å². The first-order valence-electron chi connectivity index (χ1n) is 13.3. The molecular weight excluding hydrogens is 480 g/mol. The lowest BCUT2D eigenvalue weighted by molar-refractivity contribution is -0.117. The molecule has 5 heteroatoms. The Morgan fingerprint density at radius 2 is 1.33 bits per heavy atom. The maximum atomic E-state index is 13.2. The number of benzene rings is 3. The summed E-state index contributed by atoms with van der Waals surface area (Å²) < 4.78 is 1.86. The van der Waals surface area contributed by atoms with Crippen molar-refractivity contribution in [2.75, 3.05) is 13.1 Å². The number of Topliss-reactive ketones (excluding diaryl/α,β-unsaturated/α-hetero) is 1. The summed E-state index contributed by atoms with van der Waals surface area (Å²) in [5.41, 5.74) is 5.47. The Hall–Kier alpha value is -4.61. The van der Waals surface area contributed by atoms with Gasteiger partial charge in [-0.3, -0.25) is 19.4 Å². The molecule has 0 unspecified atom stereocenters. The number of aromatic nitrogens is 3. The van der Waals surface area contributed by atoms with E-state index in [2.05, 4.69) is 101 Å². The molecule has 1 aliphatic heterocycles. The second-order valence-corrected chi connectivity index (χ2v) is 9.83. The molecule has 0 N–H and O–H groups in total. The zero-order valence-corrected chi connectivity index (χ0v) is 21.7. The third kappa shape index (κ3) is 4.97. The largest absolute Gasteiger partial charge is 0.294 e. The van der Waals surface area contributed by atoms with E-state index in [0.29, 0.717) is 26.1 Å². The van der Waals surface area contributed by atoms with Crippen molar-refractivity contribution >= 4 is 11.9 Å². The van der Waals surface area contributed by atoms with Crippen LogP contribution in [0.15, 0.2) is 133 Å². The lowest BCUT2D eigenvalue weighted by Gasteiger charge is -2.47. The molecule has 0 amide bonds. The molecule has 6 rings (SSSR count). The van der Waals surface area contributed by atoms with Gasteiger partial charge in [0.15, 0.2) is 5.78 Å². The molecule has 3 heterocycles. The van der Waals surface area contributed by atoms with Gasteiger partial charge in [-0.2, -0.15) is 5.10 Å². The summed E-state index contributed by atoms with van der Waals surface area (Å²) >= 11 is 0. The van der Waals surface area contributed by atoms with Crippen LogP contribution in [0.3, 0.4) is 0 Å². The van der Waals surface area contributed by atoms with E-state index in [0.717, 1.165) is 17.0 Å². The highest BCUT2D eigenvalue weighted by atomic mass is 16.1. The quantitative estimate of drug-likeness (QED) is 0.200. The molecule has 5 aromatic rings. The van der Waals surface area contributed by atoms with Crippen molar-refractivity contribution in [2.45, 2.75) is 18.5 Å². The van der Waals surface area contributed by atoms with Crippen LogP contribution >= 0.6 is 0 Å². The third-order valence-corrected chi connectivity index (χ3v) is 7.41. The number of ketones is 1. The predicted molar refractivity (Wildman–Crippen MR) is 154 cm³/mol. The average Bonchev–Trinajstić information content (AvgIpc) is 3.44. The lowest BCUT2D eigenvalue weighted by Crippen LogP contribution is -2.52. The molecule has 2 aromatic heterocycles. The second kappa shape index (κ2) is 11.0. The fourth-order valence-electron chi connectivity index (χ4n) is 5.65. The Morgan fingerprint density at radius 1 is 0.744 bits per heavy atom. The van der Waals surface area contributed by atoms with E-state index in [1.807, 2.05) is 41.2 Å². The van der Waals surface area contributed by atoms with Gasteiger partial charge in [0.2, 0.25) is 0 Å². The van der Waals surface area contributed by atoms with Crippen molar-refractivity contribution in [3.63, 3.8) is 0 Å². The van der Waals surface area contributed by atoms with Crippen LogP contribution in [0.4, 0.5) is 0 Å². The predicted octanol–water partition coefficient (Wildman–Crippen LogP) is 5.98. The molecule has 1 fully saturated rings. The number of hydrogen-bond donors (Lipinski definition) is 0. The van der Waals surface area contributed by atoms with Crippen molar-refractivity contribution in [3.8, 4) is 0 Å². The molecule has 3 aromatic carbocycles. The molecule has 5 nitrogen and oxygen atoms in total.